The van der Waals surface area contributed by atoms with E-state index in [0.29, 0.717) is 0 Å². The van der Waals surface area contributed by atoms with Crippen molar-refractivity contribution < 1.29 is 0 Å². The first-order valence-corrected chi connectivity index (χ1v) is 5.54. The fourth-order valence-corrected chi connectivity index (χ4v) is 2.20. The quantitative estimate of drug-likeness (QED) is 0.697. The molecule has 0 aliphatic carbocycles. The van der Waals surface area contributed by atoms with Crippen LogP contribution in [-0.4, -0.2) is 13.1 Å². The van der Waals surface area contributed by atoms with Gasteiger partial charge in [0.15, 0.2) is 0 Å². The molecule has 2 rings (SSSR count). The average molecular weight is 200 g/mol. The van der Waals surface area contributed by atoms with Gasteiger partial charge in [-0.3, -0.25) is 0 Å². The molecule has 1 aromatic rings. The molecule has 2 heteroatoms. The normalized spacial score (nSPS) is 21.1. The maximum Gasteiger partial charge on any atom is 0.0992 e. The molecule has 0 bridgehead atoms. The Morgan fingerprint density at radius 3 is 3.07 bits per heavy atom. The fourth-order valence-electron chi connectivity index (χ4n) is 2.20. The first-order valence-electron chi connectivity index (χ1n) is 5.54. The predicted molar refractivity (Wildman–Crippen MR) is 61.8 cm³/mol. The largest absolute Gasteiger partial charge is 0.371 e. The Bertz CT molecular complexity index is 378. The average Bonchev–Trinajstić information content (AvgIpc) is 2.29. The number of hydrogen-bond acceptors (Lipinski definition) is 2. The van der Waals surface area contributed by atoms with Gasteiger partial charge in [0.25, 0.3) is 0 Å². The molecular formula is C13H16N2. The summed E-state index contributed by atoms with van der Waals surface area (Å²) in [6, 6.07) is 10.1. The standard InChI is InChI=1S/C13H16N2/c1-11-4-3-7-15(10-11)13-6-2-5-12(8-13)9-14/h2,5-6,8,11H,3-4,7,10H2,1H3/t11-/m1/s1. The molecule has 0 saturated carbocycles. The van der Waals surface area contributed by atoms with Crippen molar-refractivity contribution in [1.82, 2.24) is 0 Å². The number of piperidine rings is 1. The number of hydrogen-bond donors (Lipinski definition) is 0. The molecule has 2 nitrogen and oxygen atoms in total. The molecule has 1 fully saturated rings. The summed E-state index contributed by atoms with van der Waals surface area (Å²) in [5.74, 6) is 0.768. The van der Waals surface area contributed by atoms with Crippen LogP contribution in [-0.2, 0) is 0 Å². The molecule has 0 amide bonds. The van der Waals surface area contributed by atoms with Gasteiger partial charge in [0.05, 0.1) is 11.6 Å². The molecule has 1 aromatic carbocycles. The maximum atomic E-state index is 8.84. The lowest BCUT2D eigenvalue weighted by Crippen LogP contribution is -2.34. The van der Waals surface area contributed by atoms with Crippen LogP contribution in [0.25, 0.3) is 0 Å². The Hall–Kier alpha value is -1.49. The maximum absolute atomic E-state index is 8.84. The third kappa shape index (κ3) is 2.30. The Balaban J connectivity index is 2.18. The van der Waals surface area contributed by atoms with Gasteiger partial charge in [-0.2, -0.15) is 5.26 Å². The highest BCUT2D eigenvalue weighted by Gasteiger charge is 2.16. The molecule has 1 heterocycles. The SMILES string of the molecule is C[C@@H]1CCCN(c2cccc(C#N)c2)C1. The van der Waals surface area contributed by atoms with E-state index < -0.39 is 0 Å². The van der Waals surface area contributed by atoms with Crippen molar-refractivity contribution in [2.45, 2.75) is 19.8 Å². The number of anilines is 1. The second-order valence-electron chi connectivity index (χ2n) is 4.36. The van der Waals surface area contributed by atoms with E-state index in [-0.39, 0.29) is 0 Å². The molecule has 0 aromatic heterocycles. The van der Waals surface area contributed by atoms with Gasteiger partial charge in [-0.15, -0.1) is 0 Å². The topological polar surface area (TPSA) is 27.0 Å². The van der Waals surface area contributed by atoms with E-state index in [1.165, 1.54) is 18.5 Å². The van der Waals surface area contributed by atoms with E-state index >= 15 is 0 Å². The van der Waals surface area contributed by atoms with E-state index in [1.54, 1.807) is 0 Å². The van der Waals surface area contributed by atoms with E-state index in [1.807, 2.05) is 18.2 Å². The third-order valence-corrected chi connectivity index (χ3v) is 3.00. The summed E-state index contributed by atoms with van der Waals surface area (Å²) < 4.78 is 0. The third-order valence-electron chi connectivity index (χ3n) is 3.00. The van der Waals surface area contributed by atoms with Crippen molar-refractivity contribution in [3.63, 3.8) is 0 Å². The van der Waals surface area contributed by atoms with Crippen LogP contribution in [0.3, 0.4) is 0 Å². The molecule has 0 unspecified atom stereocenters. The summed E-state index contributed by atoms with van der Waals surface area (Å²) in [6.07, 6.45) is 2.59. The smallest absolute Gasteiger partial charge is 0.0992 e. The van der Waals surface area contributed by atoms with Gasteiger partial charge >= 0.3 is 0 Å². The Labute approximate surface area is 91.1 Å². The molecule has 0 spiro atoms. The molecule has 1 atom stereocenters. The first-order chi connectivity index (χ1) is 7.29. The zero-order valence-corrected chi connectivity index (χ0v) is 9.11. The van der Waals surface area contributed by atoms with E-state index in [9.17, 15) is 0 Å². The van der Waals surface area contributed by atoms with Crippen LogP contribution in [0.5, 0.6) is 0 Å². The van der Waals surface area contributed by atoms with Crippen LogP contribution in [0.4, 0.5) is 5.69 Å². The summed E-state index contributed by atoms with van der Waals surface area (Å²) in [4.78, 5) is 2.38. The van der Waals surface area contributed by atoms with Crippen molar-refractivity contribution in [1.29, 1.82) is 5.26 Å². The number of rotatable bonds is 1. The van der Waals surface area contributed by atoms with Gasteiger partial charge in [-0.25, -0.2) is 0 Å². The first kappa shape index (κ1) is 10.0. The number of benzene rings is 1. The van der Waals surface area contributed by atoms with Crippen molar-refractivity contribution in [2.75, 3.05) is 18.0 Å². The monoisotopic (exact) mass is 200 g/mol. The van der Waals surface area contributed by atoms with Crippen molar-refractivity contribution in [3.8, 4) is 6.07 Å². The van der Waals surface area contributed by atoms with Crippen LogP contribution in [0.2, 0.25) is 0 Å². The lowest BCUT2D eigenvalue weighted by atomic mass is 9.99. The second-order valence-corrected chi connectivity index (χ2v) is 4.36. The highest BCUT2D eigenvalue weighted by molar-refractivity contribution is 5.51. The van der Waals surface area contributed by atoms with Gasteiger partial charge in [0.1, 0.15) is 0 Å². The molecule has 1 saturated heterocycles. The second kappa shape index (κ2) is 4.35. The van der Waals surface area contributed by atoms with Crippen molar-refractivity contribution in [3.05, 3.63) is 29.8 Å². The Morgan fingerprint density at radius 1 is 1.47 bits per heavy atom. The lowest BCUT2D eigenvalue weighted by molar-refractivity contribution is 0.447. The highest BCUT2D eigenvalue weighted by atomic mass is 15.1. The van der Waals surface area contributed by atoms with Crippen LogP contribution in [0, 0.1) is 17.2 Å². The van der Waals surface area contributed by atoms with Gasteiger partial charge < -0.3 is 4.90 Å². The zero-order chi connectivity index (χ0) is 10.7. The van der Waals surface area contributed by atoms with E-state index in [4.69, 9.17) is 5.26 Å². The minimum atomic E-state index is 0.755. The lowest BCUT2D eigenvalue weighted by Gasteiger charge is -2.32. The van der Waals surface area contributed by atoms with Crippen LogP contribution in [0.15, 0.2) is 24.3 Å². The molecule has 0 radical (unpaired) electrons. The van der Waals surface area contributed by atoms with Crippen molar-refractivity contribution >= 4 is 5.69 Å². The summed E-state index contributed by atoms with van der Waals surface area (Å²) >= 11 is 0. The Morgan fingerprint density at radius 2 is 2.33 bits per heavy atom. The number of nitrogens with zero attached hydrogens (tertiary/aromatic N) is 2. The van der Waals surface area contributed by atoms with Gasteiger partial charge in [0, 0.05) is 18.8 Å². The van der Waals surface area contributed by atoms with Gasteiger partial charge in [0.2, 0.25) is 0 Å². The highest BCUT2D eigenvalue weighted by Crippen LogP contribution is 2.23. The van der Waals surface area contributed by atoms with Crippen LogP contribution in [0.1, 0.15) is 25.3 Å². The van der Waals surface area contributed by atoms with E-state index in [2.05, 4.69) is 24.0 Å². The fraction of sp³-hybridized carbons (Fsp3) is 0.462. The predicted octanol–water partition coefficient (Wildman–Crippen LogP) is 2.79. The molecule has 1 aliphatic rings. The van der Waals surface area contributed by atoms with Crippen LogP contribution < -0.4 is 4.90 Å². The molecule has 1 aliphatic heterocycles. The van der Waals surface area contributed by atoms with E-state index in [0.717, 1.165) is 24.6 Å². The minimum absolute atomic E-state index is 0.755. The zero-order valence-electron chi connectivity index (χ0n) is 9.11. The molecule has 0 N–H and O–H groups in total. The van der Waals surface area contributed by atoms with Gasteiger partial charge in [-0.05, 0) is 37.0 Å². The van der Waals surface area contributed by atoms with Gasteiger partial charge in [-0.1, -0.05) is 13.0 Å². The summed E-state index contributed by atoms with van der Waals surface area (Å²) in [7, 11) is 0. The summed E-state index contributed by atoms with van der Waals surface area (Å²) in [5, 5.41) is 8.84. The molecule has 78 valence electrons. The number of nitriles is 1. The van der Waals surface area contributed by atoms with Crippen LogP contribution >= 0.6 is 0 Å². The molecule has 15 heavy (non-hydrogen) atoms. The summed E-state index contributed by atoms with van der Waals surface area (Å²) in [6.45, 7) is 4.54. The minimum Gasteiger partial charge on any atom is -0.371 e. The molecular weight excluding hydrogens is 184 g/mol. The summed E-state index contributed by atoms with van der Waals surface area (Å²) in [5.41, 5.74) is 1.95. The van der Waals surface area contributed by atoms with Crippen molar-refractivity contribution in [2.24, 2.45) is 5.92 Å². The Kier molecular flexibility index (Phi) is 2.91.